The molecule has 6 heteroatoms. The third kappa shape index (κ3) is 4.42. The van der Waals surface area contributed by atoms with Crippen LogP contribution in [0.5, 0.6) is 5.88 Å². The summed E-state index contributed by atoms with van der Waals surface area (Å²) in [4.78, 5) is 10.9. The van der Waals surface area contributed by atoms with Gasteiger partial charge in [0.25, 0.3) is 0 Å². The molecule has 0 amide bonds. The van der Waals surface area contributed by atoms with E-state index in [0.717, 1.165) is 19.6 Å². The van der Waals surface area contributed by atoms with Crippen molar-refractivity contribution in [1.82, 2.24) is 14.9 Å². The van der Waals surface area contributed by atoms with Crippen molar-refractivity contribution in [2.75, 3.05) is 19.7 Å². The summed E-state index contributed by atoms with van der Waals surface area (Å²) in [5, 5.41) is 10.0. The Balaban J connectivity index is 1.54. The minimum Gasteiger partial charge on any atom is -0.477 e. The predicted octanol–water partition coefficient (Wildman–Crippen LogP) is 4.74. The van der Waals surface area contributed by atoms with Gasteiger partial charge in [0.1, 0.15) is 11.5 Å². The van der Waals surface area contributed by atoms with Crippen LogP contribution in [0.1, 0.15) is 30.9 Å². The van der Waals surface area contributed by atoms with Gasteiger partial charge in [-0.25, -0.2) is 9.37 Å². The molecule has 3 heterocycles. The number of halogens is 1. The van der Waals surface area contributed by atoms with E-state index < -0.39 is 11.2 Å². The van der Waals surface area contributed by atoms with Gasteiger partial charge in [0.15, 0.2) is 0 Å². The highest BCUT2D eigenvalue weighted by molar-refractivity contribution is 5.65. The molecule has 1 fully saturated rings. The maximum absolute atomic E-state index is 15.1. The summed E-state index contributed by atoms with van der Waals surface area (Å²) < 4.78 is 20.6. The smallest absolute Gasteiger partial charge is 0.223 e. The van der Waals surface area contributed by atoms with E-state index in [-0.39, 0.29) is 5.69 Å². The first-order chi connectivity index (χ1) is 15.1. The molecule has 3 aromatic rings. The Kier molecular flexibility index (Phi) is 6.24. The molecule has 0 saturated carbocycles. The number of hydrogen-bond acceptors (Lipinski definition) is 5. The molecular formula is C25H25FN4O. The van der Waals surface area contributed by atoms with Gasteiger partial charge in [-0.1, -0.05) is 30.3 Å². The molecule has 4 rings (SSSR count). The lowest BCUT2D eigenvalue weighted by Crippen LogP contribution is -2.41. The summed E-state index contributed by atoms with van der Waals surface area (Å²) in [6.07, 6.45) is 4.54. The maximum Gasteiger partial charge on any atom is 0.223 e. The van der Waals surface area contributed by atoms with E-state index in [1.165, 1.54) is 11.6 Å². The Morgan fingerprint density at radius 1 is 1.13 bits per heavy atom. The normalized spacial score (nSPS) is 15.9. The first-order valence-corrected chi connectivity index (χ1v) is 10.6. The predicted molar refractivity (Wildman–Crippen MR) is 117 cm³/mol. The quantitative estimate of drug-likeness (QED) is 0.581. The molecule has 1 aliphatic rings. The van der Waals surface area contributed by atoms with Gasteiger partial charge in [-0.2, -0.15) is 5.26 Å². The first kappa shape index (κ1) is 21.0. The topological polar surface area (TPSA) is 62.0 Å². The van der Waals surface area contributed by atoms with Crippen molar-refractivity contribution in [1.29, 1.82) is 5.26 Å². The highest BCUT2D eigenvalue weighted by Crippen LogP contribution is 2.37. The van der Waals surface area contributed by atoms with Crippen LogP contribution >= 0.6 is 0 Å². The number of ether oxygens (including phenoxy) is 1. The van der Waals surface area contributed by atoms with Crippen LogP contribution in [0.15, 0.2) is 60.9 Å². The van der Waals surface area contributed by atoms with E-state index in [4.69, 9.17) is 4.74 Å². The van der Waals surface area contributed by atoms with E-state index in [1.54, 1.807) is 24.5 Å². The second-order valence-electron chi connectivity index (χ2n) is 7.80. The molecule has 0 unspecified atom stereocenters. The van der Waals surface area contributed by atoms with Crippen LogP contribution in [0.4, 0.5) is 4.39 Å². The SMILES string of the molecule is CCOc1ncccc1-c1ncc(C2(C#N)CCN(Cc3ccccc3)CC2)cc1F. The molecule has 1 aliphatic heterocycles. The number of likely N-dealkylation sites (tertiary alicyclic amines) is 1. The minimum absolute atomic E-state index is 0.190. The molecule has 1 saturated heterocycles. The number of pyridine rings is 2. The first-order valence-electron chi connectivity index (χ1n) is 10.6. The van der Waals surface area contributed by atoms with Gasteiger partial charge in [-0.3, -0.25) is 9.88 Å². The van der Waals surface area contributed by atoms with Gasteiger partial charge in [0.05, 0.1) is 23.7 Å². The number of hydrogen-bond donors (Lipinski definition) is 0. The Morgan fingerprint density at radius 2 is 1.90 bits per heavy atom. The fraction of sp³-hybridized carbons (Fsp3) is 0.320. The molecule has 0 radical (unpaired) electrons. The van der Waals surface area contributed by atoms with Crippen molar-refractivity contribution in [2.45, 2.75) is 31.7 Å². The average Bonchev–Trinajstić information content (AvgIpc) is 2.81. The number of benzene rings is 1. The zero-order chi connectivity index (χ0) is 21.7. The Morgan fingerprint density at radius 3 is 2.58 bits per heavy atom. The van der Waals surface area contributed by atoms with Gasteiger partial charge in [0.2, 0.25) is 5.88 Å². The summed E-state index contributed by atoms with van der Waals surface area (Å²) in [6, 6.07) is 17.7. The Hall–Kier alpha value is -3.30. The Bertz CT molecular complexity index is 1070. The van der Waals surface area contributed by atoms with Gasteiger partial charge in [-0.15, -0.1) is 0 Å². The van der Waals surface area contributed by atoms with Crippen molar-refractivity contribution >= 4 is 0 Å². The van der Waals surface area contributed by atoms with Crippen LogP contribution in [0.2, 0.25) is 0 Å². The molecule has 2 aromatic heterocycles. The lowest BCUT2D eigenvalue weighted by molar-refractivity contribution is 0.178. The molecule has 1 aromatic carbocycles. The zero-order valence-corrected chi connectivity index (χ0v) is 17.6. The van der Waals surface area contributed by atoms with Crippen molar-refractivity contribution in [3.63, 3.8) is 0 Å². The highest BCUT2D eigenvalue weighted by atomic mass is 19.1. The summed E-state index contributed by atoms with van der Waals surface area (Å²) in [7, 11) is 0. The lowest BCUT2D eigenvalue weighted by atomic mass is 9.74. The van der Waals surface area contributed by atoms with Crippen molar-refractivity contribution in [2.24, 2.45) is 0 Å². The minimum atomic E-state index is -0.725. The largest absolute Gasteiger partial charge is 0.477 e. The number of nitrogens with zero attached hydrogens (tertiary/aromatic N) is 4. The average molecular weight is 417 g/mol. The van der Waals surface area contributed by atoms with Crippen LogP contribution in [0.25, 0.3) is 11.3 Å². The van der Waals surface area contributed by atoms with Crippen molar-refractivity contribution < 1.29 is 9.13 Å². The van der Waals surface area contributed by atoms with Crippen LogP contribution in [0, 0.1) is 17.1 Å². The Labute approximate surface area is 182 Å². The third-order valence-electron chi connectivity index (χ3n) is 5.87. The monoisotopic (exact) mass is 416 g/mol. The number of nitriles is 1. The standard InChI is InChI=1S/C25H25FN4O/c1-2-31-24-21(9-6-12-28-24)23-22(26)15-20(16-29-23)25(18-27)10-13-30(14-11-25)17-19-7-4-3-5-8-19/h3-9,12,15-16H,2,10-11,13-14,17H2,1H3. The maximum atomic E-state index is 15.1. The molecule has 0 aliphatic carbocycles. The number of aromatic nitrogens is 2. The summed E-state index contributed by atoms with van der Waals surface area (Å²) >= 11 is 0. The van der Waals surface area contributed by atoms with Crippen LogP contribution in [-0.4, -0.2) is 34.6 Å². The second kappa shape index (κ2) is 9.23. The molecular weight excluding hydrogens is 391 g/mol. The molecule has 0 N–H and O–H groups in total. The van der Waals surface area contributed by atoms with Gasteiger partial charge >= 0.3 is 0 Å². The molecule has 0 spiro atoms. The summed E-state index contributed by atoms with van der Waals surface area (Å²) in [5.41, 5.74) is 1.87. The molecule has 0 atom stereocenters. The number of piperidine rings is 1. The van der Waals surface area contributed by atoms with Crippen LogP contribution in [0.3, 0.4) is 0 Å². The van der Waals surface area contributed by atoms with Crippen molar-refractivity contribution in [3.8, 4) is 23.2 Å². The number of rotatable bonds is 6. The van der Waals surface area contributed by atoms with E-state index in [9.17, 15) is 5.26 Å². The fourth-order valence-electron chi connectivity index (χ4n) is 4.12. The fourth-order valence-corrected chi connectivity index (χ4v) is 4.12. The van der Waals surface area contributed by atoms with E-state index >= 15 is 4.39 Å². The van der Waals surface area contributed by atoms with Gasteiger partial charge in [0, 0.05) is 32.0 Å². The molecule has 158 valence electrons. The molecule has 31 heavy (non-hydrogen) atoms. The summed E-state index contributed by atoms with van der Waals surface area (Å²) in [6.45, 7) is 4.70. The molecule has 0 bridgehead atoms. The lowest BCUT2D eigenvalue weighted by Gasteiger charge is -2.37. The van der Waals surface area contributed by atoms with E-state index in [2.05, 4.69) is 33.1 Å². The van der Waals surface area contributed by atoms with Gasteiger partial charge < -0.3 is 4.74 Å². The van der Waals surface area contributed by atoms with Gasteiger partial charge in [-0.05, 0) is 49.1 Å². The van der Waals surface area contributed by atoms with E-state index in [0.29, 0.717) is 36.5 Å². The highest BCUT2D eigenvalue weighted by Gasteiger charge is 2.37. The second-order valence-corrected chi connectivity index (χ2v) is 7.80. The van der Waals surface area contributed by atoms with Crippen LogP contribution < -0.4 is 4.74 Å². The molecule has 5 nitrogen and oxygen atoms in total. The zero-order valence-electron chi connectivity index (χ0n) is 17.6. The third-order valence-corrected chi connectivity index (χ3v) is 5.87. The van der Waals surface area contributed by atoms with Crippen LogP contribution in [-0.2, 0) is 12.0 Å². The van der Waals surface area contributed by atoms with Crippen molar-refractivity contribution in [3.05, 3.63) is 77.9 Å². The van der Waals surface area contributed by atoms with E-state index in [1.807, 2.05) is 25.1 Å². The summed E-state index contributed by atoms with van der Waals surface area (Å²) in [5.74, 6) is -0.110.